The number of hydrogen-bond acceptors (Lipinski definition) is 9. The molecule has 0 unspecified atom stereocenters. The number of carbonyl (C=O) groups is 4. The van der Waals surface area contributed by atoms with Crippen molar-refractivity contribution in [2.45, 2.75) is 77.2 Å². The number of benzene rings is 2. The molecule has 3 aromatic rings. The average Bonchev–Trinajstić information content (AvgIpc) is 3.55. The van der Waals surface area contributed by atoms with Crippen LogP contribution < -0.4 is 0 Å². The van der Waals surface area contributed by atoms with E-state index in [-0.39, 0.29) is 19.3 Å². The van der Waals surface area contributed by atoms with Crippen LogP contribution in [0.15, 0.2) is 53.1 Å². The third kappa shape index (κ3) is 7.30. The molecule has 5 atom stereocenters. The number of rotatable bonds is 8. The standard InChI is InChI=1S/C32H34BrFN2O9/c1-18(37)43-27-17-41-31(29(45-20(3)39)28(27)44-19(2)38)36-26-14-22(34)11-12-24(26)25(30(36)33)15-23-10-7-13-35(23)32(40)42-16-21-8-5-4-6-9-21/h4-6,8-9,11-12,14,23,27-29,31H,7,10,13,15-17H2,1-3H3/t23-,27+,28-,29+,31+/m0/s1. The van der Waals surface area contributed by atoms with Crippen LogP contribution in [0.25, 0.3) is 10.9 Å². The Labute approximate surface area is 267 Å². The Hall–Kier alpha value is -3.97. The van der Waals surface area contributed by atoms with Gasteiger partial charge in [0.05, 0.1) is 16.7 Å². The molecular weight excluding hydrogens is 655 g/mol. The number of hydrogen-bond donors (Lipinski definition) is 0. The summed E-state index contributed by atoms with van der Waals surface area (Å²) in [6, 6.07) is 13.5. The zero-order chi connectivity index (χ0) is 32.2. The molecule has 0 bridgehead atoms. The SMILES string of the molecule is CC(=O)O[C@@H]1[C@@H](OC(C)=O)[C@H](OC(C)=O)CO[C@H]1n1c(Br)c(C[C@@H]2CCCN2C(=O)OCc2ccccc2)c2ccc(F)cc21. The highest BCUT2D eigenvalue weighted by molar-refractivity contribution is 9.10. The van der Waals surface area contributed by atoms with Crippen molar-refractivity contribution in [3.8, 4) is 0 Å². The first-order chi connectivity index (χ1) is 21.5. The van der Waals surface area contributed by atoms with Crippen LogP contribution in [0.3, 0.4) is 0 Å². The summed E-state index contributed by atoms with van der Waals surface area (Å²) >= 11 is 3.69. The van der Waals surface area contributed by atoms with E-state index in [1.807, 2.05) is 30.3 Å². The molecule has 0 saturated carbocycles. The lowest BCUT2D eigenvalue weighted by molar-refractivity contribution is -0.239. The van der Waals surface area contributed by atoms with Gasteiger partial charge in [0.1, 0.15) is 12.4 Å². The summed E-state index contributed by atoms with van der Waals surface area (Å²) < 4.78 is 45.1. The molecule has 240 valence electrons. The Morgan fingerprint density at radius 2 is 1.64 bits per heavy atom. The smallest absolute Gasteiger partial charge is 0.410 e. The summed E-state index contributed by atoms with van der Waals surface area (Å²) in [6.07, 6.45) is -3.12. The van der Waals surface area contributed by atoms with Gasteiger partial charge in [0.15, 0.2) is 24.5 Å². The van der Waals surface area contributed by atoms with Gasteiger partial charge in [-0.25, -0.2) is 9.18 Å². The summed E-state index contributed by atoms with van der Waals surface area (Å²) in [5.41, 5.74) is 2.07. The molecule has 0 N–H and O–H groups in total. The number of nitrogens with zero attached hydrogens (tertiary/aromatic N) is 2. The molecule has 2 aromatic carbocycles. The maximum atomic E-state index is 14.7. The fourth-order valence-electron chi connectivity index (χ4n) is 6.03. The molecule has 2 saturated heterocycles. The number of esters is 3. The summed E-state index contributed by atoms with van der Waals surface area (Å²) in [6.45, 7) is 4.07. The lowest BCUT2D eigenvalue weighted by Crippen LogP contribution is -2.55. The van der Waals surface area contributed by atoms with E-state index in [2.05, 4.69) is 15.9 Å². The van der Waals surface area contributed by atoms with Gasteiger partial charge in [0, 0.05) is 38.7 Å². The van der Waals surface area contributed by atoms with Crippen LogP contribution in [0.5, 0.6) is 0 Å². The number of amides is 1. The molecule has 1 amide bonds. The number of fused-ring (bicyclic) bond motifs is 1. The van der Waals surface area contributed by atoms with E-state index in [1.54, 1.807) is 15.5 Å². The molecule has 45 heavy (non-hydrogen) atoms. The molecule has 2 fully saturated rings. The molecule has 1 aromatic heterocycles. The van der Waals surface area contributed by atoms with E-state index >= 15 is 0 Å². The summed E-state index contributed by atoms with van der Waals surface area (Å²) in [7, 11) is 0. The number of carbonyl (C=O) groups excluding carboxylic acids is 4. The Bertz CT molecular complexity index is 1580. The molecule has 0 spiro atoms. The van der Waals surface area contributed by atoms with Crippen LogP contribution in [-0.2, 0) is 51.1 Å². The molecule has 5 rings (SSSR count). The van der Waals surface area contributed by atoms with Gasteiger partial charge < -0.3 is 33.2 Å². The first-order valence-corrected chi connectivity index (χ1v) is 15.4. The highest BCUT2D eigenvalue weighted by atomic mass is 79.9. The summed E-state index contributed by atoms with van der Waals surface area (Å²) in [4.78, 5) is 51.0. The van der Waals surface area contributed by atoms with Crippen molar-refractivity contribution in [1.29, 1.82) is 0 Å². The van der Waals surface area contributed by atoms with Crippen molar-refractivity contribution in [3.05, 3.63) is 70.1 Å². The Morgan fingerprint density at radius 1 is 0.956 bits per heavy atom. The lowest BCUT2D eigenvalue weighted by atomic mass is 10.0. The van der Waals surface area contributed by atoms with Crippen LogP contribution in [0, 0.1) is 5.82 Å². The van der Waals surface area contributed by atoms with Crippen molar-refractivity contribution < 1.29 is 47.3 Å². The zero-order valence-corrected chi connectivity index (χ0v) is 26.7. The van der Waals surface area contributed by atoms with Crippen LogP contribution in [0.1, 0.15) is 51.0 Å². The largest absolute Gasteiger partial charge is 0.456 e. The van der Waals surface area contributed by atoms with E-state index in [4.69, 9.17) is 23.7 Å². The van der Waals surface area contributed by atoms with E-state index in [1.165, 1.54) is 32.9 Å². The van der Waals surface area contributed by atoms with Crippen LogP contribution in [0.2, 0.25) is 0 Å². The second-order valence-electron chi connectivity index (χ2n) is 11.1. The van der Waals surface area contributed by atoms with Gasteiger partial charge in [-0.2, -0.15) is 0 Å². The molecule has 0 radical (unpaired) electrons. The fourth-order valence-corrected chi connectivity index (χ4v) is 6.80. The minimum Gasteiger partial charge on any atom is -0.456 e. The van der Waals surface area contributed by atoms with Crippen molar-refractivity contribution in [2.24, 2.45) is 0 Å². The van der Waals surface area contributed by atoms with Crippen LogP contribution in [0.4, 0.5) is 9.18 Å². The van der Waals surface area contributed by atoms with Crippen molar-refractivity contribution in [3.63, 3.8) is 0 Å². The second-order valence-corrected chi connectivity index (χ2v) is 11.8. The van der Waals surface area contributed by atoms with Crippen molar-refractivity contribution >= 4 is 50.8 Å². The normalized spacial score (nSPS) is 23.0. The van der Waals surface area contributed by atoms with E-state index in [0.29, 0.717) is 28.5 Å². The van der Waals surface area contributed by atoms with Gasteiger partial charge in [0.25, 0.3) is 0 Å². The number of halogens is 2. The lowest BCUT2D eigenvalue weighted by Gasteiger charge is -2.41. The van der Waals surface area contributed by atoms with Crippen molar-refractivity contribution in [2.75, 3.05) is 13.2 Å². The average molecular weight is 690 g/mol. The third-order valence-electron chi connectivity index (χ3n) is 7.84. The Balaban J connectivity index is 1.49. The first kappa shape index (κ1) is 32.4. The number of aromatic nitrogens is 1. The monoisotopic (exact) mass is 688 g/mol. The van der Waals surface area contributed by atoms with Crippen molar-refractivity contribution in [1.82, 2.24) is 9.47 Å². The number of ether oxygens (including phenoxy) is 5. The second kappa shape index (κ2) is 14.0. The van der Waals surface area contributed by atoms with E-state index in [9.17, 15) is 23.6 Å². The molecule has 0 aliphatic carbocycles. The quantitative estimate of drug-likeness (QED) is 0.232. The predicted molar refractivity (Wildman–Crippen MR) is 161 cm³/mol. The Kier molecular flexibility index (Phi) is 10.1. The Morgan fingerprint density at radius 3 is 2.33 bits per heavy atom. The summed E-state index contributed by atoms with van der Waals surface area (Å²) in [5.74, 6) is -2.52. The molecular formula is C32H34BrFN2O9. The first-order valence-electron chi connectivity index (χ1n) is 14.6. The molecule has 2 aliphatic rings. The van der Waals surface area contributed by atoms with Gasteiger partial charge in [-0.15, -0.1) is 0 Å². The number of likely N-dealkylation sites (tertiary alicyclic amines) is 1. The zero-order valence-electron chi connectivity index (χ0n) is 25.1. The predicted octanol–water partition coefficient (Wildman–Crippen LogP) is 5.21. The van der Waals surface area contributed by atoms with Crippen LogP contribution in [-0.4, -0.2) is 71.0 Å². The minimum atomic E-state index is -1.26. The molecule has 3 heterocycles. The highest BCUT2D eigenvalue weighted by Crippen LogP contribution is 2.41. The maximum Gasteiger partial charge on any atom is 0.410 e. The molecule has 13 heteroatoms. The van der Waals surface area contributed by atoms with E-state index in [0.717, 1.165) is 24.0 Å². The third-order valence-corrected chi connectivity index (χ3v) is 8.70. The minimum absolute atomic E-state index is 0.152. The highest BCUT2D eigenvalue weighted by Gasteiger charge is 2.48. The van der Waals surface area contributed by atoms with Gasteiger partial charge >= 0.3 is 24.0 Å². The molecule has 2 aliphatic heterocycles. The van der Waals surface area contributed by atoms with Gasteiger partial charge in [-0.1, -0.05) is 30.3 Å². The fraction of sp³-hybridized carbons (Fsp3) is 0.438. The maximum absolute atomic E-state index is 14.7. The molecule has 11 nitrogen and oxygen atoms in total. The summed E-state index contributed by atoms with van der Waals surface area (Å²) in [5, 5.41) is 0.684. The van der Waals surface area contributed by atoms with Gasteiger partial charge in [-0.05, 0) is 64.5 Å². The van der Waals surface area contributed by atoms with Gasteiger partial charge in [0.2, 0.25) is 0 Å². The topological polar surface area (TPSA) is 123 Å². The van der Waals surface area contributed by atoms with Crippen LogP contribution >= 0.6 is 15.9 Å². The van der Waals surface area contributed by atoms with Gasteiger partial charge in [-0.3, -0.25) is 14.4 Å². The van der Waals surface area contributed by atoms with E-state index < -0.39 is 54.4 Å².